The van der Waals surface area contributed by atoms with E-state index < -0.39 is 5.97 Å². The highest BCUT2D eigenvalue weighted by atomic mass is 19.1. The number of aromatic carboxylic acids is 1. The summed E-state index contributed by atoms with van der Waals surface area (Å²) in [6, 6.07) is 7.63. The third-order valence-corrected chi connectivity index (χ3v) is 2.96. The van der Waals surface area contributed by atoms with E-state index in [9.17, 15) is 9.18 Å². The largest absolute Gasteiger partial charge is 0.477 e. The van der Waals surface area contributed by atoms with Crippen LogP contribution in [0.25, 0.3) is 22.3 Å². The Labute approximate surface area is 107 Å². The maximum absolute atomic E-state index is 13.1. The second-order valence-corrected chi connectivity index (χ2v) is 4.26. The molecule has 0 saturated heterocycles. The molecule has 0 aliphatic rings. The van der Waals surface area contributed by atoms with Gasteiger partial charge in [-0.25, -0.2) is 9.18 Å². The number of hydrogen-bond donors (Lipinski definition) is 2. The number of aromatic nitrogens is 3. The van der Waals surface area contributed by atoms with Crippen molar-refractivity contribution in [3.05, 3.63) is 41.8 Å². The number of fused-ring (bicyclic) bond motifs is 1. The highest BCUT2D eigenvalue weighted by molar-refractivity contribution is 5.89. The highest BCUT2D eigenvalue weighted by Gasteiger charge is 2.14. The number of carboxylic acid groups (broad SMARTS) is 1. The van der Waals surface area contributed by atoms with Gasteiger partial charge in [-0.3, -0.25) is 4.68 Å². The van der Waals surface area contributed by atoms with Crippen molar-refractivity contribution in [2.24, 2.45) is 7.05 Å². The van der Waals surface area contributed by atoms with Crippen molar-refractivity contribution in [2.75, 3.05) is 0 Å². The molecule has 19 heavy (non-hydrogen) atoms. The first kappa shape index (κ1) is 11.5. The molecule has 2 heterocycles. The molecule has 0 unspecified atom stereocenters. The normalized spacial score (nSPS) is 11.1. The topological polar surface area (TPSA) is 70.9 Å². The number of rotatable bonds is 2. The number of carboxylic acids is 1. The second kappa shape index (κ2) is 3.94. The lowest BCUT2D eigenvalue weighted by atomic mass is 10.2. The Morgan fingerprint density at radius 3 is 2.84 bits per heavy atom. The molecule has 0 fully saturated rings. The quantitative estimate of drug-likeness (QED) is 0.742. The van der Waals surface area contributed by atoms with Gasteiger partial charge in [0.2, 0.25) is 0 Å². The van der Waals surface area contributed by atoms with Gasteiger partial charge < -0.3 is 10.1 Å². The number of halogens is 1. The first-order valence-corrected chi connectivity index (χ1v) is 5.60. The minimum absolute atomic E-state index is 0.0971. The van der Waals surface area contributed by atoms with Crippen LogP contribution in [0.3, 0.4) is 0 Å². The third-order valence-electron chi connectivity index (χ3n) is 2.96. The number of aromatic amines is 1. The van der Waals surface area contributed by atoms with Crippen molar-refractivity contribution in [3.63, 3.8) is 0 Å². The van der Waals surface area contributed by atoms with Gasteiger partial charge in [0.1, 0.15) is 17.2 Å². The van der Waals surface area contributed by atoms with E-state index in [1.54, 1.807) is 19.2 Å². The van der Waals surface area contributed by atoms with Crippen LogP contribution in [0.5, 0.6) is 0 Å². The predicted molar refractivity (Wildman–Crippen MR) is 67.4 cm³/mol. The number of nitrogens with one attached hydrogen (secondary N) is 1. The molecule has 0 aliphatic carbocycles. The Morgan fingerprint density at radius 2 is 2.16 bits per heavy atom. The van der Waals surface area contributed by atoms with Gasteiger partial charge in [0.15, 0.2) is 0 Å². The van der Waals surface area contributed by atoms with Crippen molar-refractivity contribution in [2.45, 2.75) is 0 Å². The zero-order chi connectivity index (χ0) is 13.6. The molecular weight excluding hydrogens is 249 g/mol. The van der Waals surface area contributed by atoms with Gasteiger partial charge in [0, 0.05) is 24.0 Å². The van der Waals surface area contributed by atoms with Crippen LogP contribution in [0.2, 0.25) is 0 Å². The summed E-state index contributed by atoms with van der Waals surface area (Å²) in [5.74, 6) is -1.35. The summed E-state index contributed by atoms with van der Waals surface area (Å²) in [5, 5.41) is 13.8. The Hall–Kier alpha value is -2.63. The molecule has 0 atom stereocenters. The summed E-state index contributed by atoms with van der Waals surface area (Å²) < 4.78 is 14.4. The number of carbonyl (C=O) groups is 1. The van der Waals surface area contributed by atoms with Crippen molar-refractivity contribution in [1.82, 2.24) is 14.8 Å². The van der Waals surface area contributed by atoms with Crippen molar-refractivity contribution < 1.29 is 14.3 Å². The van der Waals surface area contributed by atoms with E-state index in [-0.39, 0.29) is 11.5 Å². The van der Waals surface area contributed by atoms with E-state index >= 15 is 0 Å². The average Bonchev–Trinajstić information content (AvgIpc) is 2.91. The lowest BCUT2D eigenvalue weighted by Gasteiger charge is -1.91. The van der Waals surface area contributed by atoms with E-state index in [0.717, 1.165) is 10.9 Å². The van der Waals surface area contributed by atoms with E-state index in [4.69, 9.17) is 5.11 Å². The molecule has 0 amide bonds. The fourth-order valence-corrected chi connectivity index (χ4v) is 2.04. The van der Waals surface area contributed by atoms with E-state index in [2.05, 4.69) is 10.1 Å². The molecule has 6 heteroatoms. The smallest absolute Gasteiger partial charge is 0.354 e. The van der Waals surface area contributed by atoms with Gasteiger partial charge in [-0.2, -0.15) is 5.10 Å². The van der Waals surface area contributed by atoms with Crippen molar-refractivity contribution in [3.8, 4) is 11.4 Å². The molecule has 0 spiro atoms. The van der Waals surface area contributed by atoms with Crippen LogP contribution >= 0.6 is 0 Å². The number of hydrogen-bond acceptors (Lipinski definition) is 2. The monoisotopic (exact) mass is 259 g/mol. The molecule has 96 valence electrons. The van der Waals surface area contributed by atoms with Crippen LogP contribution in [0.15, 0.2) is 30.3 Å². The molecule has 2 aromatic heterocycles. The molecule has 2 N–H and O–H groups in total. The Kier molecular flexibility index (Phi) is 2.38. The molecule has 0 aliphatic heterocycles. The second-order valence-electron chi connectivity index (χ2n) is 4.26. The zero-order valence-electron chi connectivity index (χ0n) is 10.0. The van der Waals surface area contributed by atoms with Gasteiger partial charge in [0.05, 0.1) is 5.69 Å². The maximum Gasteiger partial charge on any atom is 0.354 e. The van der Waals surface area contributed by atoms with Crippen LogP contribution in [0, 0.1) is 5.82 Å². The van der Waals surface area contributed by atoms with Gasteiger partial charge in [0.25, 0.3) is 0 Å². The first-order chi connectivity index (χ1) is 9.04. The van der Waals surface area contributed by atoms with Gasteiger partial charge in [-0.15, -0.1) is 0 Å². The summed E-state index contributed by atoms with van der Waals surface area (Å²) in [6.07, 6.45) is 0. The Balaban J connectivity index is 2.13. The summed E-state index contributed by atoms with van der Waals surface area (Å²) >= 11 is 0. The third kappa shape index (κ3) is 1.87. The van der Waals surface area contributed by atoms with E-state index in [0.29, 0.717) is 11.4 Å². The van der Waals surface area contributed by atoms with Gasteiger partial charge in [-0.05, 0) is 24.3 Å². The number of H-pyrrole nitrogens is 1. The Bertz CT molecular complexity index is 788. The molecule has 0 saturated carbocycles. The van der Waals surface area contributed by atoms with Crippen LogP contribution in [-0.4, -0.2) is 25.8 Å². The fraction of sp³-hybridized carbons (Fsp3) is 0.0769. The zero-order valence-corrected chi connectivity index (χ0v) is 10.0. The molecular formula is C13H10FN3O2. The lowest BCUT2D eigenvalue weighted by Crippen LogP contribution is -2.04. The SMILES string of the molecule is Cn1nc(-c2cc3cc(F)ccc3[nH]2)cc1C(=O)O. The summed E-state index contributed by atoms with van der Waals surface area (Å²) in [7, 11) is 1.56. The van der Waals surface area contributed by atoms with Crippen LogP contribution < -0.4 is 0 Å². The van der Waals surface area contributed by atoms with Crippen molar-refractivity contribution in [1.29, 1.82) is 0 Å². The van der Waals surface area contributed by atoms with Crippen LogP contribution in [-0.2, 0) is 7.05 Å². The van der Waals surface area contributed by atoms with E-state index in [1.807, 2.05) is 0 Å². The number of aryl methyl sites for hydroxylation is 1. The molecule has 0 radical (unpaired) electrons. The predicted octanol–water partition coefficient (Wildman–Crippen LogP) is 2.41. The van der Waals surface area contributed by atoms with Crippen LogP contribution in [0.1, 0.15) is 10.5 Å². The van der Waals surface area contributed by atoms with Gasteiger partial charge >= 0.3 is 5.97 Å². The first-order valence-electron chi connectivity index (χ1n) is 5.60. The molecule has 3 aromatic rings. The minimum Gasteiger partial charge on any atom is -0.477 e. The average molecular weight is 259 g/mol. The maximum atomic E-state index is 13.1. The fourth-order valence-electron chi connectivity index (χ4n) is 2.04. The molecule has 1 aromatic carbocycles. The Morgan fingerprint density at radius 1 is 1.37 bits per heavy atom. The molecule has 0 bridgehead atoms. The minimum atomic E-state index is -1.04. The van der Waals surface area contributed by atoms with Gasteiger partial charge in [-0.1, -0.05) is 0 Å². The summed E-state index contributed by atoms with van der Waals surface area (Å²) in [6.45, 7) is 0. The highest BCUT2D eigenvalue weighted by Crippen LogP contribution is 2.24. The number of benzene rings is 1. The van der Waals surface area contributed by atoms with Crippen molar-refractivity contribution >= 4 is 16.9 Å². The standard InChI is InChI=1S/C13H10FN3O2/c1-17-12(13(18)19)6-11(16-17)10-5-7-4-8(14)2-3-9(7)15-10/h2-6,15H,1H3,(H,18,19). The summed E-state index contributed by atoms with van der Waals surface area (Å²) in [5.41, 5.74) is 2.04. The number of nitrogens with zero attached hydrogens (tertiary/aromatic N) is 2. The van der Waals surface area contributed by atoms with Crippen LogP contribution in [0.4, 0.5) is 4.39 Å². The lowest BCUT2D eigenvalue weighted by molar-refractivity contribution is 0.0685. The molecule has 3 rings (SSSR count). The summed E-state index contributed by atoms with van der Waals surface area (Å²) in [4.78, 5) is 14.0. The molecule has 5 nitrogen and oxygen atoms in total. The van der Waals surface area contributed by atoms with E-state index in [1.165, 1.54) is 22.9 Å².